The first-order valence-corrected chi connectivity index (χ1v) is 5.54. The highest BCUT2D eigenvalue weighted by Gasteiger charge is 2.27. The zero-order valence-electron chi connectivity index (χ0n) is 8.82. The van der Waals surface area contributed by atoms with Crippen LogP contribution in [0.2, 0.25) is 0 Å². The molecule has 2 aliphatic rings. The van der Waals surface area contributed by atoms with Crippen LogP contribution in [0, 0.1) is 0 Å². The second kappa shape index (κ2) is 4.92. The number of ether oxygens (including phenoxy) is 1. The fraction of sp³-hybridized carbons (Fsp3) is 0.900. The SMILES string of the molecule is O=C(CC1CNCCO1)N1CCC(O)C1. The van der Waals surface area contributed by atoms with Crippen LogP contribution in [-0.4, -0.2) is 60.9 Å². The maximum Gasteiger partial charge on any atom is 0.225 e. The number of nitrogens with one attached hydrogen (secondary N) is 1. The molecule has 0 bridgehead atoms. The molecule has 0 aromatic carbocycles. The predicted octanol–water partition coefficient (Wildman–Crippen LogP) is -1.04. The number of morpholine rings is 1. The van der Waals surface area contributed by atoms with Gasteiger partial charge in [0.25, 0.3) is 0 Å². The van der Waals surface area contributed by atoms with E-state index in [2.05, 4.69) is 5.32 Å². The van der Waals surface area contributed by atoms with Crippen LogP contribution in [0.3, 0.4) is 0 Å². The molecule has 5 heteroatoms. The number of nitrogens with zero attached hydrogens (tertiary/aromatic N) is 1. The Labute approximate surface area is 89.4 Å². The molecule has 86 valence electrons. The minimum Gasteiger partial charge on any atom is -0.391 e. The van der Waals surface area contributed by atoms with Crippen LogP contribution in [0.1, 0.15) is 12.8 Å². The van der Waals surface area contributed by atoms with E-state index in [1.165, 1.54) is 0 Å². The summed E-state index contributed by atoms with van der Waals surface area (Å²) in [5, 5.41) is 12.5. The van der Waals surface area contributed by atoms with Crippen LogP contribution in [0.4, 0.5) is 0 Å². The Kier molecular flexibility index (Phi) is 3.56. The first-order valence-electron chi connectivity index (χ1n) is 5.54. The van der Waals surface area contributed by atoms with Crippen molar-refractivity contribution in [3.05, 3.63) is 0 Å². The van der Waals surface area contributed by atoms with Crippen molar-refractivity contribution in [1.82, 2.24) is 10.2 Å². The molecule has 1 amide bonds. The Morgan fingerprint density at radius 1 is 1.60 bits per heavy atom. The van der Waals surface area contributed by atoms with E-state index in [1.54, 1.807) is 4.90 Å². The lowest BCUT2D eigenvalue weighted by atomic mass is 10.2. The van der Waals surface area contributed by atoms with E-state index in [-0.39, 0.29) is 18.1 Å². The maximum absolute atomic E-state index is 11.8. The van der Waals surface area contributed by atoms with E-state index in [0.29, 0.717) is 32.5 Å². The third kappa shape index (κ3) is 2.90. The first kappa shape index (κ1) is 10.9. The molecule has 2 heterocycles. The summed E-state index contributed by atoms with van der Waals surface area (Å²) in [5.74, 6) is 0.0975. The number of amides is 1. The molecule has 2 saturated heterocycles. The highest BCUT2D eigenvalue weighted by Crippen LogP contribution is 2.12. The number of carbonyl (C=O) groups is 1. The van der Waals surface area contributed by atoms with Crippen LogP contribution in [0.25, 0.3) is 0 Å². The summed E-state index contributed by atoms with van der Waals surface area (Å²) >= 11 is 0. The minimum absolute atomic E-state index is 0.00370. The van der Waals surface area contributed by atoms with Crippen molar-refractivity contribution < 1.29 is 14.6 Å². The van der Waals surface area contributed by atoms with Crippen LogP contribution < -0.4 is 5.32 Å². The van der Waals surface area contributed by atoms with Gasteiger partial charge in [0.1, 0.15) is 0 Å². The number of aliphatic hydroxyl groups excluding tert-OH is 1. The maximum atomic E-state index is 11.8. The zero-order chi connectivity index (χ0) is 10.7. The van der Waals surface area contributed by atoms with Gasteiger partial charge in [0, 0.05) is 26.2 Å². The summed E-state index contributed by atoms with van der Waals surface area (Å²) in [6, 6.07) is 0. The Morgan fingerprint density at radius 2 is 2.47 bits per heavy atom. The lowest BCUT2D eigenvalue weighted by Crippen LogP contribution is -2.42. The molecule has 15 heavy (non-hydrogen) atoms. The van der Waals surface area contributed by atoms with Crippen LogP contribution in [0.5, 0.6) is 0 Å². The van der Waals surface area contributed by atoms with Crippen molar-refractivity contribution in [3.8, 4) is 0 Å². The van der Waals surface area contributed by atoms with E-state index >= 15 is 0 Å². The lowest BCUT2D eigenvalue weighted by molar-refractivity contribution is -0.134. The monoisotopic (exact) mass is 214 g/mol. The van der Waals surface area contributed by atoms with E-state index in [9.17, 15) is 9.90 Å². The smallest absolute Gasteiger partial charge is 0.225 e. The van der Waals surface area contributed by atoms with Crippen molar-refractivity contribution in [3.63, 3.8) is 0 Å². The predicted molar refractivity (Wildman–Crippen MR) is 54.4 cm³/mol. The van der Waals surface area contributed by atoms with Crippen molar-refractivity contribution >= 4 is 5.91 Å². The fourth-order valence-corrected chi connectivity index (χ4v) is 2.04. The molecule has 2 unspecified atom stereocenters. The summed E-state index contributed by atoms with van der Waals surface area (Å²) in [5.41, 5.74) is 0. The summed E-state index contributed by atoms with van der Waals surface area (Å²) < 4.78 is 5.46. The zero-order valence-corrected chi connectivity index (χ0v) is 8.82. The van der Waals surface area contributed by atoms with Gasteiger partial charge in [-0.05, 0) is 6.42 Å². The molecule has 0 aromatic rings. The van der Waals surface area contributed by atoms with Gasteiger partial charge in [0.05, 0.1) is 25.2 Å². The van der Waals surface area contributed by atoms with Crippen LogP contribution in [0.15, 0.2) is 0 Å². The molecule has 2 fully saturated rings. The van der Waals surface area contributed by atoms with Gasteiger partial charge >= 0.3 is 0 Å². The van der Waals surface area contributed by atoms with E-state index in [1.807, 2.05) is 0 Å². The number of carbonyl (C=O) groups excluding carboxylic acids is 1. The molecule has 0 aliphatic carbocycles. The first-order chi connectivity index (χ1) is 7.25. The van der Waals surface area contributed by atoms with Gasteiger partial charge in [-0.25, -0.2) is 0 Å². The Hall–Kier alpha value is -0.650. The average molecular weight is 214 g/mol. The van der Waals surface area contributed by atoms with E-state index in [4.69, 9.17) is 4.74 Å². The number of rotatable bonds is 2. The normalized spacial score (nSPS) is 31.9. The number of likely N-dealkylation sites (tertiary alicyclic amines) is 1. The average Bonchev–Trinajstić information content (AvgIpc) is 2.66. The largest absolute Gasteiger partial charge is 0.391 e. The van der Waals surface area contributed by atoms with Gasteiger partial charge < -0.3 is 20.1 Å². The molecule has 2 atom stereocenters. The highest BCUT2D eigenvalue weighted by atomic mass is 16.5. The van der Waals surface area contributed by atoms with Crippen molar-refractivity contribution in [2.75, 3.05) is 32.8 Å². The molecule has 0 spiro atoms. The fourth-order valence-electron chi connectivity index (χ4n) is 2.04. The minimum atomic E-state index is -0.334. The second-order valence-electron chi connectivity index (χ2n) is 4.18. The molecular weight excluding hydrogens is 196 g/mol. The van der Waals surface area contributed by atoms with Crippen LogP contribution in [-0.2, 0) is 9.53 Å². The number of β-amino-alcohol motifs (C(OH)–C–C–N with tert-alkyl or cyclic N) is 1. The summed E-state index contributed by atoms with van der Waals surface area (Å²) in [7, 11) is 0. The molecule has 2 N–H and O–H groups in total. The van der Waals surface area contributed by atoms with Gasteiger partial charge in [-0.2, -0.15) is 0 Å². The summed E-state index contributed by atoms with van der Waals surface area (Å²) in [6.45, 7) is 3.47. The van der Waals surface area contributed by atoms with Crippen LogP contribution >= 0.6 is 0 Å². The van der Waals surface area contributed by atoms with Gasteiger partial charge in [0.2, 0.25) is 5.91 Å². The molecule has 0 radical (unpaired) electrons. The molecule has 2 aliphatic heterocycles. The van der Waals surface area contributed by atoms with Gasteiger partial charge in [0.15, 0.2) is 0 Å². The highest BCUT2D eigenvalue weighted by molar-refractivity contribution is 5.77. The number of hydrogen-bond acceptors (Lipinski definition) is 4. The second-order valence-corrected chi connectivity index (χ2v) is 4.18. The summed E-state index contributed by atoms with van der Waals surface area (Å²) in [4.78, 5) is 13.5. The molecule has 5 nitrogen and oxygen atoms in total. The summed E-state index contributed by atoms with van der Waals surface area (Å²) in [6.07, 6.45) is 0.804. The van der Waals surface area contributed by atoms with Gasteiger partial charge in [-0.15, -0.1) is 0 Å². The van der Waals surface area contributed by atoms with Crippen molar-refractivity contribution in [2.24, 2.45) is 0 Å². The molecule has 2 rings (SSSR count). The number of aliphatic hydroxyl groups is 1. The van der Waals surface area contributed by atoms with E-state index in [0.717, 1.165) is 13.1 Å². The topological polar surface area (TPSA) is 61.8 Å². The van der Waals surface area contributed by atoms with Crippen molar-refractivity contribution in [2.45, 2.75) is 25.0 Å². The van der Waals surface area contributed by atoms with E-state index < -0.39 is 0 Å². The van der Waals surface area contributed by atoms with Gasteiger partial charge in [-0.3, -0.25) is 4.79 Å². The Bertz CT molecular complexity index is 229. The molecule has 0 aromatic heterocycles. The third-order valence-corrected chi connectivity index (χ3v) is 2.92. The number of hydrogen-bond donors (Lipinski definition) is 2. The van der Waals surface area contributed by atoms with Crippen molar-refractivity contribution in [1.29, 1.82) is 0 Å². The standard InChI is InChI=1S/C10H18N2O3/c13-8-1-3-12(7-8)10(14)5-9-6-11-2-4-15-9/h8-9,11,13H,1-7H2. The third-order valence-electron chi connectivity index (χ3n) is 2.92. The van der Waals surface area contributed by atoms with Gasteiger partial charge in [-0.1, -0.05) is 0 Å². The Balaban J connectivity index is 1.76. The molecular formula is C10H18N2O3. The molecule has 0 saturated carbocycles. The lowest BCUT2D eigenvalue weighted by Gasteiger charge is -2.25. The Morgan fingerprint density at radius 3 is 3.07 bits per heavy atom. The quantitative estimate of drug-likeness (QED) is 0.616.